The Kier molecular flexibility index (Phi) is 3.84. The molecule has 124 valence electrons. The van der Waals surface area contributed by atoms with Crippen LogP contribution >= 0.6 is 34.8 Å². The first kappa shape index (κ1) is 16.2. The molecule has 0 spiro atoms. The molecule has 2 aliphatic heterocycles. The van der Waals surface area contributed by atoms with Gasteiger partial charge in [0.2, 0.25) is 0 Å². The molecule has 25 heavy (non-hydrogen) atoms. The van der Waals surface area contributed by atoms with Crippen molar-refractivity contribution in [1.82, 2.24) is 10.6 Å². The van der Waals surface area contributed by atoms with Gasteiger partial charge in [0.25, 0.3) is 11.8 Å². The van der Waals surface area contributed by atoms with Gasteiger partial charge in [-0.1, -0.05) is 53.0 Å². The number of nitrogens with one attached hydrogen (secondary N) is 2. The number of hydrogen-bond donors (Lipinski definition) is 2. The fourth-order valence-corrected chi connectivity index (χ4v) is 3.31. The Balaban J connectivity index is 1.89. The van der Waals surface area contributed by atoms with Gasteiger partial charge in [0.1, 0.15) is 0 Å². The van der Waals surface area contributed by atoms with E-state index in [-0.39, 0.29) is 11.8 Å². The monoisotopic (exact) mass is 390 g/mol. The molecule has 0 radical (unpaired) electrons. The number of amides is 2. The standard InChI is InChI=1S/C18H9Cl3N2O2/c19-10-4-1-8(2-5-10)15-13-14(18(25)22-15)16(23-17(13)24)9-3-6-11(20)12(21)7-9/h1-7H,(H,22,25)(H,23,24). The number of fused-ring (bicyclic) bond motifs is 1. The Morgan fingerprint density at radius 2 is 1.16 bits per heavy atom. The molecule has 2 aliphatic rings. The number of carbonyl (C=O) groups excluding carboxylic acids is 2. The Bertz CT molecular complexity index is 1010. The summed E-state index contributed by atoms with van der Waals surface area (Å²) in [5.74, 6) is -0.696. The van der Waals surface area contributed by atoms with Crippen molar-refractivity contribution in [1.29, 1.82) is 0 Å². The molecule has 0 aromatic heterocycles. The minimum Gasteiger partial charge on any atom is -0.321 e. The summed E-state index contributed by atoms with van der Waals surface area (Å²) >= 11 is 17.9. The third-order valence-corrected chi connectivity index (χ3v) is 5.01. The van der Waals surface area contributed by atoms with Gasteiger partial charge in [-0.05, 0) is 29.8 Å². The second-order valence-electron chi connectivity index (χ2n) is 5.54. The van der Waals surface area contributed by atoms with E-state index < -0.39 is 0 Å². The summed E-state index contributed by atoms with van der Waals surface area (Å²) in [6, 6.07) is 11.8. The SMILES string of the molecule is O=C1NC(c2ccc(Cl)c(Cl)c2)=C2C(=O)NC(c3ccc(Cl)cc3)=C12. The zero-order valence-electron chi connectivity index (χ0n) is 12.5. The highest BCUT2D eigenvalue weighted by Gasteiger charge is 2.40. The van der Waals surface area contributed by atoms with Gasteiger partial charge < -0.3 is 10.6 Å². The second-order valence-corrected chi connectivity index (χ2v) is 6.79. The first-order valence-electron chi connectivity index (χ1n) is 7.28. The van der Waals surface area contributed by atoms with E-state index in [4.69, 9.17) is 34.8 Å². The topological polar surface area (TPSA) is 58.2 Å². The Labute approximate surface area is 158 Å². The van der Waals surface area contributed by atoms with Crippen molar-refractivity contribution >= 4 is 58.0 Å². The van der Waals surface area contributed by atoms with E-state index in [1.165, 1.54) is 0 Å². The van der Waals surface area contributed by atoms with Gasteiger partial charge >= 0.3 is 0 Å². The highest BCUT2D eigenvalue weighted by Crippen LogP contribution is 2.38. The molecule has 4 rings (SSSR count). The smallest absolute Gasteiger partial charge is 0.258 e. The van der Waals surface area contributed by atoms with Gasteiger partial charge in [-0.25, -0.2) is 0 Å². The van der Waals surface area contributed by atoms with Crippen molar-refractivity contribution in [2.75, 3.05) is 0 Å². The normalized spacial score (nSPS) is 16.3. The predicted octanol–water partition coefficient (Wildman–Crippen LogP) is 4.03. The van der Waals surface area contributed by atoms with Crippen LogP contribution in [0.25, 0.3) is 11.4 Å². The quantitative estimate of drug-likeness (QED) is 0.812. The average Bonchev–Trinajstić information content (AvgIpc) is 3.10. The Morgan fingerprint density at radius 3 is 1.72 bits per heavy atom. The maximum atomic E-state index is 12.5. The lowest BCUT2D eigenvalue weighted by Gasteiger charge is -2.08. The molecule has 0 atom stereocenters. The molecule has 2 aromatic rings. The van der Waals surface area contributed by atoms with Crippen LogP contribution in [0.4, 0.5) is 0 Å². The Morgan fingerprint density at radius 1 is 0.640 bits per heavy atom. The molecule has 0 bridgehead atoms. The second kappa shape index (κ2) is 5.92. The first-order valence-corrected chi connectivity index (χ1v) is 8.42. The van der Waals surface area contributed by atoms with Crippen molar-refractivity contribution in [3.63, 3.8) is 0 Å². The zero-order valence-corrected chi connectivity index (χ0v) is 14.8. The molecule has 0 unspecified atom stereocenters. The van der Waals surface area contributed by atoms with E-state index in [2.05, 4.69) is 10.6 Å². The van der Waals surface area contributed by atoms with Crippen LogP contribution in [0.5, 0.6) is 0 Å². The van der Waals surface area contributed by atoms with E-state index in [9.17, 15) is 9.59 Å². The van der Waals surface area contributed by atoms with Gasteiger partial charge in [-0.3, -0.25) is 9.59 Å². The minimum absolute atomic E-state index is 0.299. The van der Waals surface area contributed by atoms with Crippen LogP contribution in [0.3, 0.4) is 0 Å². The van der Waals surface area contributed by atoms with E-state index in [1.54, 1.807) is 42.5 Å². The number of rotatable bonds is 2. The van der Waals surface area contributed by atoms with Crippen LogP contribution in [-0.2, 0) is 9.59 Å². The van der Waals surface area contributed by atoms with E-state index >= 15 is 0 Å². The number of carbonyl (C=O) groups is 2. The van der Waals surface area contributed by atoms with Gasteiger partial charge in [-0.2, -0.15) is 0 Å². The van der Waals surface area contributed by atoms with Crippen LogP contribution in [0.2, 0.25) is 15.1 Å². The number of halogens is 3. The van der Waals surface area contributed by atoms with Crippen molar-refractivity contribution in [2.24, 2.45) is 0 Å². The predicted molar refractivity (Wildman–Crippen MR) is 98.0 cm³/mol. The summed E-state index contributed by atoms with van der Waals surface area (Å²) in [5.41, 5.74) is 2.81. The molecule has 7 heteroatoms. The molecule has 0 fully saturated rings. The lowest BCUT2D eigenvalue weighted by atomic mass is 10.0. The summed E-state index contributed by atoms with van der Waals surface area (Å²) in [5, 5.41) is 6.83. The van der Waals surface area contributed by atoms with Crippen molar-refractivity contribution in [2.45, 2.75) is 0 Å². The average molecular weight is 392 g/mol. The molecule has 2 heterocycles. The summed E-state index contributed by atoms with van der Waals surface area (Å²) in [7, 11) is 0. The minimum atomic E-state index is -0.348. The van der Waals surface area contributed by atoms with E-state index in [0.717, 1.165) is 0 Å². The summed E-state index contributed by atoms with van der Waals surface area (Å²) in [6.07, 6.45) is 0. The van der Waals surface area contributed by atoms with Crippen molar-refractivity contribution in [3.05, 3.63) is 79.8 Å². The lowest BCUT2D eigenvalue weighted by Crippen LogP contribution is -2.21. The van der Waals surface area contributed by atoms with Crippen LogP contribution in [0.15, 0.2) is 53.6 Å². The molecule has 4 nitrogen and oxygen atoms in total. The molecule has 2 amide bonds. The first-order chi connectivity index (χ1) is 12.0. The number of hydrogen-bond acceptors (Lipinski definition) is 2. The molecular weight excluding hydrogens is 383 g/mol. The molecule has 0 aliphatic carbocycles. The Hall–Kier alpha value is -2.27. The van der Waals surface area contributed by atoms with Crippen molar-refractivity contribution in [3.8, 4) is 0 Å². The van der Waals surface area contributed by atoms with Gasteiger partial charge in [-0.15, -0.1) is 0 Å². The van der Waals surface area contributed by atoms with Crippen LogP contribution in [-0.4, -0.2) is 11.8 Å². The van der Waals surface area contributed by atoms with Gasteiger partial charge in [0, 0.05) is 10.6 Å². The van der Waals surface area contributed by atoms with Crippen molar-refractivity contribution < 1.29 is 9.59 Å². The van der Waals surface area contributed by atoms with E-state index in [0.29, 0.717) is 48.7 Å². The maximum Gasteiger partial charge on any atom is 0.258 e. The third kappa shape index (κ3) is 2.63. The molecular formula is C18H9Cl3N2O2. The summed E-state index contributed by atoms with van der Waals surface area (Å²) in [6.45, 7) is 0. The lowest BCUT2D eigenvalue weighted by molar-refractivity contribution is -0.117. The molecule has 0 saturated carbocycles. The van der Waals surface area contributed by atoms with E-state index in [1.807, 2.05) is 0 Å². The van der Waals surface area contributed by atoms with Gasteiger partial charge in [0.15, 0.2) is 0 Å². The highest BCUT2D eigenvalue weighted by molar-refractivity contribution is 6.42. The van der Waals surface area contributed by atoms with Crippen LogP contribution in [0, 0.1) is 0 Å². The fourth-order valence-electron chi connectivity index (χ4n) is 2.88. The summed E-state index contributed by atoms with van der Waals surface area (Å²) in [4.78, 5) is 25.0. The van der Waals surface area contributed by atoms with Crippen LogP contribution < -0.4 is 10.6 Å². The van der Waals surface area contributed by atoms with Crippen LogP contribution in [0.1, 0.15) is 11.1 Å². The summed E-state index contributed by atoms with van der Waals surface area (Å²) < 4.78 is 0. The number of benzene rings is 2. The molecule has 2 N–H and O–H groups in total. The maximum absolute atomic E-state index is 12.5. The largest absolute Gasteiger partial charge is 0.321 e. The fraction of sp³-hybridized carbons (Fsp3) is 0. The third-order valence-electron chi connectivity index (χ3n) is 4.02. The zero-order chi connectivity index (χ0) is 17.7. The molecule has 0 saturated heterocycles. The molecule has 2 aromatic carbocycles. The highest BCUT2D eigenvalue weighted by atomic mass is 35.5. The van der Waals surface area contributed by atoms with Gasteiger partial charge in [0.05, 0.1) is 32.6 Å².